The molecule has 1 aromatic heterocycles. The summed E-state index contributed by atoms with van der Waals surface area (Å²) in [6.45, 7) is 3.26. The summed E-state index contributed by atoms with van der Waals surface area (Å²) in [4.78, 5) is 3.54. The Labute approximate surface area is 86.7 Å². The van der Waals surface area contributed by atoms with Crippen molar-refractivity contribution in [1.29, 1.82) is 0 Å². The molecule has 13 heavy (non-hydrogen) atoms. The van der Waals surface area contributed by atoms with E-state index in [9.17, 15) is 0 Å². The van der Waals surface area contributed by atoms with Gasteiger partial charge in [-0.15, -0.1) is 11.3 Å². The molecule has 2 nitrogen and oxygen atoms in total. The van der Waals surface area contributed by atoms with Crippen LogP contribution in [-0.2, 0) is 6.54 Å². The molecule has 0 unspecified atom stereocenters. The zero-order chi connectivity index (χ0) is 9.26. The highest BCUT2D eigenvalue weighted by Crippen LogP contribution is 2.26. The minimum Gasteiger partial charge on any atom is -0.396 e. The first-order chi connectivity index (χ1) is 6.29. The van der Waals surface area contributed by atoms with Gasteiger partial charge in [0.2, 0.25) is 0 Å². The van der Waals surface area contributed by atoms with E-state index >= 15 is 0 Å². The van der Waals surface area contributed by atoms with Crippen LogP contribution in [0, 0.1) is 5.92 Å². The van der Waals surface area contributed by atoms with Crippen molar-refractivity contribution in [2.24, 2.45) is 5.92 Å². The van der Waals surface area contributed by atoms with E-state index in [1.165, 1.54) is 4.88 Å². The standard InChI is InChI=1S/C9H12ClNOS/c10-8-1-2-13-9(8)5-11-3-7(4-11)6-12/h1-2,7,12H,3-6H2. The summed E-state index contributed by atoms with van der Waals surface area (Å²) in [6.07, 6.45) is 0. The Hall–Kier alpha value is -0.0900. The van der Waals surface area contributed by atoms with Gasteiger partial charge >= 0.3 is 0 Å². The van der Waals surface area contributed by atoms with Gasteiger partial charge in [-0.2, -0.15) is 0 Å². The quantitative estimate of drug-likeness (QED) is 0.835. The van der Waals surface area contributed by atoms with Crippen molar-refractivity contribution in [2.45, 2.75) is 6.54 Å². The summed E-state index contributed by atoms with van der Waals surface area (Å²) < 4.78 is 0. The number of nitrogens with zero attached hydrogens (tertiary/aromatic N) is 1. The molecule has 0 saturated carbocycles. The number of aliphatic hydroxyl groups is 1. The number of hydrogen-bond acceptors (Lipinski definition) is 3. The first kappa shape index (κ1) is 9.46. The molecule has 1 N–H and O–H groups in total. The first-order valence-electron chi connectivity index (χ1n) is 4.34. The lowest BCUT2D eigenvalue weighted by Gasteiger charge is -2.37. The highest BCUT2D eigenvalue weighted by molar-refractivity contribution is 7.10. The van der Waals surface area contributed by atoms with Crippen LogP contribution in [0.5, 0.6) is 0 Å². The van der Waals surface area contributed by atoms with Crippen molar-refractivity contribution in [3.8, 4) is 0 Å². The molecule has 1 saturated heterocycles. The highest BCUT2D eigenvalue weighted by atomic mass is 35.5. The zero-order valence-electron chi connectivity index (χ0n) is 7.24. The van der Waals surface area contributed by atoms with Crippen molar-refractivity contribution < 1.29 is 5.11 Å². The summed E-state index contributed by atoms with van der Waals surface area (Å²) in [7, 11) is 0. The first-order valence-corrected chi connectivity index (χ1v) is 5.60. The van der Waals surface area contributed by atoms with Crippen LogP contribution in [0.3, 0.4) is 0 Å². The van der Waals surface area contributed by atoms with Crippen LogP contribution in [0.1, 0.15) is 4.88 Å². The van der Waals surface area contributed by atoms with E-state index in [4.69, 9.17) is 16.7 Å². The molecule has 2 heterocycles. The van der Waals surface area contributed by atoms with Crippen LogP contribution < -0.4 is 0 Å². The van der Waals surface area contributed by atoms with Crippen LogP contribution in [-0.4, -0.2) is 29.7 Å². The second-order valence-electron chi connectivity index (χ2n) is 3.43. The summed E-state index contributed by atoms with van der Waals surface area (Å²) in [5.74, 6) is 0.485. The van der Waals surface area contributed by atoms with Crippen LogP contribution in [0.15, 0.2) is 11.4 Å². The maximum atomic E-state index is 8.83. The average Bonchev–Trinajstić information content (AvgIpc) is 2.43. The van der Waals surface area contributed by atoms with Crippen LogP contribution in [0.25, 0.3) is 0 Å². The van der Waals surface area contributed by atoms with E-state index in [1.807, 2.05) is 11.4 Å². The van der Waals surface area contributed by atoms with E-state index in [2.05, 4.69) is 4.90 Å². The number of hydrogen-bond donors (Lipinski definition) is 1. The van der Waals surface area contributed by atoms with Gasteiger partial charge in [0.25, 0.3) is 0 Å². The Morgan fingerprint density at radius 3 is 2.92 bits per heavy atom. The van der Waals surface area contributed by atoms with Gasteiger partial charge in [0.15, 0.2) is 0 Å². The lowest BCUT2D eigenvalue weighted by atomic mass is 10.0. The fraction of sp³-hybridized carbons (Fsp3) is 0.556. The number of likely N-dealkylation sites (tertiary alicyclic amines) is 1. The monoisotopic (exact) mass is 217 g/mol. The van der Waals surface area contributed by atoms with Gasteiger partial charge in [-0.1, -0.05) is 11.6 Å². The Morgan fingerprint density at radius 1 is 1.62 bits per heavy atom. The van der Waals surface area contributed by atoms with Crippen molar-refractivity contribution in [2.75, 3.05) is 19.7 Å². The fourth-order valence-corrected chi connectivity index (χ4v) is 2.70. The molecule has 1 aliphatic heterocycles. The van der Waals surface area contributed by atoms with Gasteiger partial charge in [0, 0.05) is 37.0 Å². The molecule has 0 aromatic carbocycles. The third-order valence-corrected chi connectivity index (χ3v) is 3.72. The molecular weight excluding hydrogens is 206 g/mol. The Kier molecular flexibility index (Phi) is 2.89. The topological polar surface area (TPSA) is 23.5 Å². The lowest BCUT2D eigenvalue weighted by Crippen LogP contribution is -2.47. The van der Waals surface area contributed by atoms with Crippen molar-refractivity contribution in [1.82, 2.24) is 4.90 Å². The molecule has 72 valence electrons. The predicted octanol–water partition coefficient (Wildman–Crippen LogP) is 1.83. The summed E-state index contributed by atoms with van der Waals surface area (Å²) in [6, 6.07) is 1.94. The molecular formula is C9H12ClNOS. The van der Waals surface area contributed by atoms with Crippen molar-refractivity contribution in [3.63, 3.8) is 0 Å². The molecule has 1 aliphatic rings. The number of rotatable bonds is 3. The highest BCUT2D eigenvalue weighted by Gasteiger charge is 2.26. The molecule has 0 radical (unpaired) electrons. The Morgan fingerprint density at radius 2 is 2.38 bits per heavy atom. The Bertz CT molecular complexity index is 283. The molecule has 1 aromatic rings. The lowest BCUT2D eigenvalue weighted by molar-refractivity contribution is 0.0487. The average molecular weight is 218 g/mol. The summed E-state index contributed by atoms with van der Waals surface area (Å²) in [5, 5.41) is 11.7. The van der Waals surface area contributed by atoms with Crippen LogP contribution in [0.4, 0.5) is 0 Å². The van der Waals surface area contributed by atoms with Crippen LogP contribution in [0.2, 0.25) is 5.02 Å². The van der Waals surface area contributed by atoms with E-state index in [0.717, 1.165) is 24.7 Å². The van der Waals surface area contributed by atoms with E-state index < -0.39 is 0 Å². The molecule has 2 rings (SSSR count). The van der Waals surface area contributed by atoms with E-state index in [0.29, 0.717) is 12.5 Å². The number of aliphatic hydroxyl groups excluding tert-OH is 1. The van der Waals surface area contributed by atoms with Gasteiger partial charge in [-0.05, 0) is 11.4 Å². The second kappa shape index (κ2) is 3.96. The third-order valence-electron chi connectivity index (χ3n) is 2.35. The molecule has 0 atom stereocenters. The van der Waals surface area contributed by atoms with E-state index in [1.54, 1.807) is 11.3 Å². The molecule has 1 fully saturated rings. The second-order valence-corrected chi connectivity index (χ2v) is 4.84. The minimum absolute atomic E-state index is 0.314. The van der Waals surface area contributed by atoms with Crippen LogP contribution >= 0.6 is 22.9 Å². The molecule has 0 bridgehead atoms. The molecule has 0 aliphatic carbocycles. The summed E-state index contributed by atoms with van der Waals surface area (Å²) >= 11 is 7.67. The predicted molar refractivity (Wildman–Crippen MR) is 55.2 cm³/mol. The maximum Gasteiger partial charge on any atom is 0.0558 e. The summed E-state index contributed by atoms with van der Waals surface area (Å²) in [5.41, 5.74) is 0. The van der Waals surface area contributed by atoms with Gasteiger partial charge in [0.1, 0.15) is 0 Å². The SMILES string of the molecule is OCC1CN(Cc2sccc2Cl)C1. The van der Waals surface area contributed by atoms with Gasteiger partial charge in [-0.25, -0.2) is 0 Å². The van der Waals surface area contributed by atoms with Gasteiger partial charge in [0.05, 0.1) is 5.02 Å². The van der Waals surface area contributed by atoms with E-state index in [-0.39, 0.29) is 0 Å². The largest absolute Gasteiger partial charge is 0.396 e. The van der Waals surface area contributed by atoms with Crippen molar-refractivity contribution >= 4 is 22.9 Å². The smallest absolute Gasteiger partial charge is 0.0558 e. The molecule has 4 heteroatoms. The van der Waals surface area contributed by atoms with Gasteiger partial charge < -0.3 is 5.11 Å². The molecule has 0 amide bonds. The van der Waals surface area contributed by atoms with Gasteiger partial charge in [-0.3, -0.25) is 4.90 Å². The maximum absolute atomic E-state index is 8.83. The third kappa shape index (κ3) is 2.05. The normalized spacial score (nSPS) is 18.9. The minimum atomic E-state index is 0.314. The van der Waals surface area contributed by atoms with Crippen molar-refractivity contribution in [3.05, 3.63) is 21.3 Å². The Balaban J connectivity index is 1.84. The molecule has 0 spiro atoms. The number of thiophene rings is 1. The number of halogens is 1. The zero-order valence-corrected chi connectivity index (χ0v) is 8.81. The fourth-order valence-electron chi connectivity index (χ4n) is 1.56.